The summed E-state index contributed by atoms with van der Waals surface area (Å²) >= 11 is 0. The van der Waals surface area contributed by atoms with E-state index in [2.05, 4.69) is 0 Å². The molecule has 2 aromatic carbocycles. The molecule has 6 heteroatoms. The molecule has 4 nitrogen and oxygen atoms in total. The van der Waals surface area contributed by atoms with Crippen LogP contribution in [0, 0.1) is 0 Å². The second-order valence-electron chi connectivity index (χ2n) is 4.62. The minimum atomic E-state index is -1.73. The zero-order chi connectivity index (χ0) is 17.6. The molecule has 0 saturated heterocycles. The highest BCUT2D eigenvalue weighted by Crippen LogP contribution is 2.18. The van der Waals surface area contributed by atoms with Crippen molar-refractivity contribution in [1.82, 2.24) is 0 Å². The molecule has 0 atom stereocenters. The van der Waals surface area contributed by atoms with E-state index >= 15 is 0 Å². The van der Waals surface area contributed by atoms with Crippen molar-refractivity contribution >= 4 is 27.9 Å². The Labute approximate surface area is 147 Å². The summed E-state index contributed by atoms with van der Waals surface area (Å²) in [5.41, 5.74) is 0. The van der Waals surface area contributed by atoms with Gasteiger partial charge in [0.2, 0.25) is 0 Å². The molecule has 0 aliphatic heterocycles. The summed E-state index contributed by atoms with van der Waals surface area (Å²) in [6.07, 6.45) is 0. The SMILES string of the molecule is CCO[SiH](OCC)OCC.O=[P+](c1ccccc1)c1ccccc1. The largest absolute Gasteiger partial charge is 0.484 e. The van der Waals surface area contributed by atoms with Crippen molar-refractivity contribution in [3.05, 3.63) is 60.7 Å². The first-order valence-corrected chi connectivity index (χ1v) is 10.8. The van der Waals surface area contributed by atoms with E-state index in [1.807, 2.05) is 81.4 Å². The molecule has 2 rings (SSSR count). The molecule has 0 aliphatic carbocycles. The first-order chi connectivity index (χ1) is 11.7. The van der Waals surface area contributed by atoms with Crippen molar-refractivity contribution in [3.63, 3.8) is 0 Å². The maximum Gasteiger partial charge on any atom is 0.484 e. The average Bonchev–Trinajstić information content (AvgIpc) is 2.64. The van der Waals surface area contributed by atoms with E-state index in [0.717, 1.165) is 10.6 Å². The second kappa shape index (κ2) is 13.0. The molecule has 24 heavy (non-hydrogen) atoms. The molecule has 0 heterocycles. The van der Waals surface area contributed by atoms with Gasteiger partial charge in [0.25, 0.3) is 0 Å². The van der Waals surface area contributed by atoms with Crippen LogP contribution in [0.5, 0.6) is 0 Å². The van der Waals surface area contributed by atoms with Crippen LogP contribution in [-0.2, 0) is 17.8 Å². The summed E-state index contributed by atoms with van der Waals surface area (Å²) in [6, 6.07) is 19.1. The van der Waals surface area contributed by atoms with Gasteiger partial charge in [0.05, 0.1) is 0 Å². The van der Waals surface area contributed by atoms with Crippen molar-refractivity contribution in [1.29, 1.82) is 0 Å². The third kappa shape index (κ3) is 7.95. The van der Waals surface area contributed by atoms with Gasteiger partial charge >= 0.3 is 17.3 Å². The summed E-state index contributed by atoms with van der Waals surface area (Å²) in [5, 5.41) is 1.77. The molecule has 0 amide bonds. The lowest BCUT2D eigenvalue weighted by Crippen LogP contribution is -2.27. The Morgan fingerprint density at radius 2 is 1.04 bits per heavy atom. The molecule has 0 saturated carbocycles. The Balaban J connectivity index is 0.000000257. The molecule has 0 unspecified atom stereocenters. The molecule has 0 fully saturated rings. The lowest BCUT2D eigenvalue weighted by molar-refractivity contribution is 0.107. The van der Waals surface area contributed by atoms with Crippen LogP contribution in [0.25, 0.3) is 0 Å². The van der Waals surface area contributed by atoms with Gasteiger partial charge in [-0.15, -0.1) is 0 Å². The predicted molar refractivity (Wildman–Crippen MR) is 102 cm³/mol. The monoisotopic (exact) mass is 365 g/mol. The number of rotatable bonds is 8. The zero-order valence-electron chi connectivity index (χ0n) is 14.6. The van der Waals surface area contributed by atoms with E-state index in [1.54, 1.807) is 0 Å². The molecule has 0 aliphatic rings. The van der Waals surface area contributed by atoms with Crippen LogP contribution in [0.4, 0.5) is 0 Å². The summed E-state index contributed by atoms with van der Waals surface area (Å²) in [4.78, 5) is 0. The molecule has 0 bridgehead atoms. The van der Waals surface area contributed by atoms with Gasteiger partial charge in [0, 0.05) is 19.8 Å². The normalized spacial score (nSPS) is 10.2. The topological polar surface area (TPSA) is 44.8 Å². The maximum absolute atomic E-state index is 12.0. The van der Waals surface area contributed by atoms with Crippen LogP contribution in [0.2, 0.25) is 0 Å². The van der Waals surface area contributed by atoms with Gasteiger partial charge in [-0.25, -0.2) is 0 Å². The quantitative estimate of drug-likeness (QED) is 0.532. The van der Waals surface area contributed by atoms with E-state index in [0.29, 0.717) is 19.8 Å². The fourth-order valence-corrected chi connectivity index (χ4v) is 4.12. The minimum absolute atomic E-state index is 0.677. The maximum atomic E-state index is 12.0. The standard InChI is InChI=1S/C12H10OP.C6H16O3Si/c13-14(11-7-3-1-4-8-11)12-9-5-2-6-10-12;1-4-7-10(8-5-2)9-6-3/h1-10H;10H,4-6H2,1-3H3/q+1;. The van der Waals surface area contributed by atoms with E-state index in [1.165, 1.54) is 0 Å². The Morgan fingerprint density at radius 1 is 0.708 bits per heavy atom. The Kier molecular flexibility index (Phi) is 11.2. The average molecular weight is 365 g/mol. The summed E-state index contributed by atoms with van der Waals surface area (Å²) in [6.45, 7) is 7.86. The van der Waals surface area contributed by atoms with E-state index < -0.39 is 17.3 Å². The summed E-state index contributed by atoms with van der Waals surface area (Å²) in [7, 11) is -3.15. The van der Waals surface area contributed by atoms with E-state index in [-0.39, 0.29) is 0 Å². The predicted octanol–water partition coefficient (Wildman–Crippen LogP) is 3.28. The zero-order valence-corrected chi connectivity index (χ0v) is 16.6. The number of hydrogen-bond acceptors (Lipinski definition) is 4. The van der Waals surface area contributed by atoms with Gasteiger partial charge in [-0.1, -0.05) is 41.0 Å². The highest BCUT2D eigenvalue weighted by Gasteiger charge is 2.21. The van der Waals surface area contributed by atoms with Gasteiger partial charge in [-0.3, -0.25) is 0 Å². The van der Waals surface area contributed by atoms with Crippen molar-refractivity contribution in [2.75, 3.05) is 19.8 Å². The third-order valence-electron chi connectivity index (χ3n) is 2.89. The Hall–Kier alpha value is -1.36. The Morgan fingerprint density at radius 3 is 1.33 bits per heavy atom. The van der Waals surface area contributed by atoms with Gasteiger partial charge in [-0.05, 0) is 45.0 Å². The lowest BCUT2D eigenvalue weighted by atomic mass is 10.4. The van der Waals surface area contributed by atoms with Crippen LogP contribution in [-0.4, -0.2) is 29.3 Å². The lowest BCUT2D eigenvalue weighted by Gasteiger charge is -2.12. The van der Waals surface area contributed by atoms with Crippen molar-refractivity contribution in [2.45, 2.75) is 20.8 Å². The highest BCUT2D eigenvalue weighted by molar-refractivity contribution is 7.61. The van der Waals surface area contributed by atoms with E-state index in [9.17, 15) is 4.57 Å². The number of benzene rings is 2. The molecular formula is C18H26O4PSi+. The highest BCUT2D eigenvalue weighted by atomic mass is 31.1. The van der Waals surface area contributed by atoms with Gasteiger partial charge in [0.1, 0.15) is 0 Å². The molecule has 2 aromatic rings. The summed E-state index contributed by atoms with van der Waals surface area (Å²) < 4.78 is 27.6. The first kappa shape index (κ1) is 20.7. The Bertz CT molecular complexity index is 510. The van der Waals surface area contributed by atoms with Crippen LogP contribution in [0.15, 0.2) is 60.7 Å². The van der Waals surface area contributed by atoms with Crippen molar-refractivity contribution in [2.24, 2.45) is 0 Å². The van der Waals surface area contributed by atoms with Crippen LogP contribution in [0.1, 0.15) is 20.8 Å². The fraction of sp³-hybridized carbons (Fsp3) is 0.333. The molecule has 0 N–H and O–H groups in total. The molecule has 0 radical (unpaired) electrons. The van der Waals surface area contributed by atoms with Gasteiger partial charge < -0.3 is 13.3 Å². The third-order valence-corrected chi connectivity index (χ3v) is 6.24. The summed E-state index contributed by atoms with van der Waals surface area (Å²) in [5.74, 6) is 0. The fourth-order valence-electron chi connectivity index (χ4n) is 1.83. The van der Waals surface area contributed by atoms with Gasteiger partial charge in [-0.2, -0.15) is 0 Å². The molecule has 0 spiro atoms. The second-order valence-corrected chi connectivity index (χ2v) is 7.82. The van der Waals surface area contributed by atoms with Crippen LogP contribution >= 0.6 is 7.80 Å². The number of hydrogen-bond donors (Lipinski definition) is 0. The van der Waals surface area contributed by atoms with E-state index in [4.69, 9.17) is 13.3 Å². The van der Waals surface area contributed by atoms with Crippen molar-refractivity contribution < 1.29 is 17.8 Å². The van der Waals surface area contributed by atoms with Crippen LogP contribution < -0.4 is 10.6 Å². The molecular weight excluding hydrogens is 339 g/mol. The van der Waals surface area contributed by atoms with Gasteiger partial charge in [0.15, 0.2) is 10.6 Å². The molecule has 130 valence electrons. The first-order valence-electron chi connectivity index (χ1n) is 8.15. The molecule has 0 aromatic heterocycles. The minimum Gasteiger partial charge on any atom is -0.376 e. The van der Waals surface area contributed by atoms with Crippen LogP contribution in [0.3, 0.4) is 0 Å². The smallest absolute Gasteiger partial charge is 0.376 e. The van der Waals surface area contributed by atoms with Crippen molar-refractivity contribution in [3.8, 4) is 0 Å².